The molecule has 15 heavy (non-hydrogen) atoms. The van der Waals surface area contributed by atoms with Gasteiger partial charge in [-0.25, -0.2) is 0 Å². The zero-order valence-electron chi connectivity index (χ0n) is 8.81. The second kappa shape index (κ2) is 5.07. The van der Waals surface area contributed by atoms with Crippen molar-refractivity contribution in [3.63, 3.8) is 0 Å². The van der Waals surface area contributed by atoms with Crippen molar-refractivity contribution in [1.29, 1.82) is 0 Å². The molecule has 0 saturated carbocycles. The first-order valence-corrected chi connectivity index (χ1v) is 7.14. The first kappa shape index (κ1) is 10.4. The van der Waals surface area contributed by atoms with E-state index in [1.165, 1.54) is 16.3 Å². The first-order chi connectivity index (χ1) is 7.42. The molecule has 3 heteroatoms. The monoisotopic (exact) mass is 230 g/mol. The van der Waals surface area contributed by atoms with Gasteiger partial charge in [0, 0.05) is 0 Å². The standard InChI is InChI=1S/C12H14OSi2/c14-13-15-12-9-5-4-8-11(12)10-6-2-1-3-7-10/h1-9H,15H2,14H3. The van der Waals surface area contributed by atoms with Crippen molar-refractivity contribution in [3.8, 4) is 11.1 Å². The van der Waals surface area contributed by atoms with E-state index in [0.717, 1.165) is 10.5 Å². The summed E-state index contributed by atoms with van der Waals surface area (Å²) < 4.78 is 5.47. The quantitative estimate of drug-likeness (QED) is 0.692. The molecule has 0 aromatic heterocycles. The maximum atomic E-state index is 5.47. The van der Waals surface area contributed by atoms with Gasteiger partial charge >= 0.3 is 0 Å². The average molecular weight is 230 g/mol. The summed E-state index contributed by atoms with van der Waals surface area (Å²) in [6, 6.07) is 19.1. The summed E-state index contributed by atoms with van der Waals surface area (Å²) in [6.45, 7) is 0. The molecule has 2 rings (SSSR count). The summed E-state index contributed by atoms with van der Waals surface area (Å²) >= 11 is 0. The van der Waals surface area contributed by atoms with E-state index >= 15 is 0 Å². The predicted octanol–water partition coefficient (Wildman–Crippen LogP) is 0.360. The van der Waals surface area contributed by atoms with Gasteiger partial charge < -0.3 is 4.12 Å². The Labute approximate surface area is 95.6 Å². The van der Waals surface area contributed by atoms with Crippen LogP contribution in [0.15, 0.2) is 54.6 Å². The van der Waals surface area contributed by atoms with Crippen molar-refractivity contribution >= 4 is 25.4 Å². The van der Waals surface area contributed by atoms with Gasteiger partial charge in [-0.2, -0.15) is 0 Å². The lowest BCUT2D eigenvalue weighted by atomic mass is 10.1. The molecule has 0 bridgehead atoms. The molecule has 0 atom stereocenters. The lowest BCUT2D eigenvalue weighted by Gasteiger charge is -2.08. The third-order valence-corrected chi connectivity index (χ3v) is 4.48. The summed E-state index contributed by atoms with van der Waals surface area (Å²) in [5.74, 6) is 0. The van der Waals surface area contributed by atoms with Gasteiger partial charge in [-0.1, -0.05) is 54.6 Å². The molecule has 2 aromatic rings. The third kappa shape index (κ3) is 2.44. The van der Waals surface area contributed by atoms with Crippen LogP contribution in [0.5, 0.6) is 0 Å². The van der Waals surface area contributed by atoms with Crippen LogP contribution in [-0.2, 0) is 4.12 Å². The molecule has 0 aliphatic carbocycles. The maximum absolute atomic E-state index is 5.47. The highest BCUT2D eigenvalue weighted by atomic mass is 28.3. The number of hydrogen-bond acceptors (Lipinski definition) is 1. The summed E-state index contributed by atoms with van der Waals surface area (Å²) in [7, 11) is 0.334. The second-order valence-corrected chi connectivity index (χ2v) is 6.82. The number of benzene rings is 2. The lowest BCUT2D eigenvalue weighted by Crippen LogP contribution is -2.18. The molecule has 2 aromatic carbocycles. The van der Waals surface area contributed by atoms with E-state index in [1.54, 1.807) is 0 Å². The molecular weight excluding hydrogens is 216 g/mol. The fraction of sp³-hybridized carbons (Fsp3) is 0. The fourth-order valence-electron chi connectivity index (χ4n) is 1.70. The second-order valence-electron chi connectivity index (χ2n) is 3.46. The highest BCUT2D eigenvalue weighted by molar-refractivity contribution is 6.52. The molecular formula is C12H14OSi2. The first-order valence-electron chi connectivity index (χ1n) is 5.04. The van der Waals surface area contributed by atoms with E-state index in [2.05, 4.69) is 48.5 Å². The number of rotatable bonds is 3. The van der Waals surface area contributed by atoms with Crippen LogP contribution in [0.3, 0.4) is 0 Å². The molecule has 0 saturated heterocycles. The summed E-state index contributed by atoms with van der Waals surface area (Å²) in [5.41, 5.74) is 2.62. The molecule has 0 amide bonds. The Morgan fingerprint density at radius 1 is 0.867 bits per heavy atom. The normalized spacial score (nSPS) is 11.2. The Morgan fingerprint density at radius 2 is 1.53 bits per heavy atom. The molecule has 0 heterocycles. The molecule has 0 radical (unpaired) electrons. The Balaban J connectivity index is 2.43. The minimum absolute atomic E-state index is 0.512. The highest BCUT2D eigenvalue weighted by Crippen LogP contribution is 2.15. The maximum Gasteiger partial charge on any atom is 0.178 e. The Kier molecular flexibility index (Phi) is 3.50. The van der Waals surface area contributed by atoms with Crippen LogP contribution in [0.25, 0.3) is 11.1 Å². The van der Waals surface area contributed by atoms with Crippen LogP contribution < -0.4 is 5.19 Å². The van der Waals surface area contributed by atoms with E-state index < -0.39 is 9.76 Å². The van der Waals surface area contributed by atoms with E-state index in [-0.39, 0.29) is 0 Å². The topological polar surface area (TPSA) is 9.23 Å². The van der Waals surface area contributed by atoms with Crippen molar-refractivity contribution in [1.82, 2.24) is 0 Å². The zero-order valence-corrected chi connectivity index (χ0v) is 12.2. The minimum atomic E-state index is -0.512. The Morgan fingerprint density at radius 3 is 2.27 bits per heavy atom. The van der Waals surface area contributed by atoms with Gasteiger partial charge in [0.25, 0.3) is 0 Å². The lowest BCUT2D eigenvalue weighted by molar-refractivity contribution is 0.676. The van der Waals surface area contributed by atoms with E-state index in [9.17, 15) is 0 Å². The smallest absolute Gasteiger partial charge is 0.178 e. The summed E-state index contributed by atoms with van der Waals surface area (Å²) in [5, 5.41) is 1.40. The Bertz CT molecular complexity index is 429. The van der Waals surface area contributed by atoms with Gasteiger partial charge in [-0.3, -0.25) is 0 Å². The van der Waals surface area contributed by atoms with Gasteiger partial charge in [-0.15, -0.1) is 0 Å². The average Bonchev–Trinajstić information content (AvgIpc) is 2.31. The molecule has 0 unspecified atom stereocenters. The van der Waals surface area contributed by atoms with E-state index in [4.69, 9.17) is 4.12 Å². The Hall–Kier alpha value is -1.17. The van der Waals surface area contributed by atoms with Gasteiger partial charge in [0.1, 0.15) is 10.5 Å². The van der Waals surface area contributed by atoms with Crippen LogP contribution in [0.1, 0.15) is 0 Å². The van der Waals surface area contributed by atoms with Crippen molar-refractivity contribution in [2.24, 2.45) is 0 Å². The van der Waals surface area contributed by atoms with E-state index in [1.807, 2.05) is 6.07 Å². The van der Waals surface area contributed by atoms with Crippen molar-refractivity contribution in [3.05, 3.63) is 54.6 Å². The van der Waals surface area contributed by atoms with Gasteiger partial charge in [-0.05, 0) is 16.3 Å². The molecule has 0 fully saturated rings. The molecule has 0 aliphatic rings. The van der Waals surface area contributed by atoms with E-state index in [0.29, 0.717) is 0 Å². The van der Waals surface area contributed by atoms with Gasteiger partial charge in [0.15, 0.2) is 9.76 Å². The van der Waals surface area contributed by atoms with Gasteiger partial charge in [0.2, 0.25) is 0 Å². The fourth-order valence-corrected chi connectivity index (χ4v) is 3.65. The van der Waals surface area contributed by atoms with Crippen molar-refractivity contribution < 1.29 is 4.12 Å². The molecule has 0 N–H and O–H groups in total. The molecule has 0 spiro atoms. The van der Waals surface area contributed by atoms with Crippen molar-refractivity contribution in [2.75, 3.05) is 0 Å². The van der Waals surface area contributed by atoms with Crippen LogP contribution in [0.4, 0.5) is 0 Å². The zero-order chi connectivity index (χ0) is 10.5. The van der Waals surface area contributed by atoms with Crippen molar-refractivity contribution in [2.45, 2.75) is 0 Å². The molecule has 0 aliphatic heterocycles. The minimum Gasteiger partial charge on any atom is -0.465 e. The summed E-state index contributed by atoms with van der Waals surface area (Å²) in [4.78, 5) is 0. The molecule has 76 valence electrons. The molecule has 1 nitrogen and oxygen atoms in total. The highest BCUT2D eigenvalue weighted by Gasteiger charge is 2.02. The van der Waals surface area contributed by atoms with Crippen LogP contribution in [0, 0.1) is 0 Å². The van der Waals surface area contributed by atoms with Crippen LogP contribution in [0.2, 0.25) is 0 Å². The largest absolute Gasteiger partial charge is 0.465 e. The predicted molar refractivity (Wildman–Crippen MR) is 71.1 cm³/mol. The number of hydrogen-bond donors (Lipinski definition) is 0. The van der Waals surface area contributed by atoms with Crippen LogP contribution >= 0.6 is 0 Å². The SMILES string of the molecule is [SiH3]O[SiH2]c1ccccc1-c1ccccc1. The summed E-state index contributed by atoms with van der Waals surface area (Å²) in [6.07, 6.45) is 0. The third-order valence-electron chi connectivity index (χ3n) is 2.40. The van der Waals surface area contributed by atoms with Gasteiger partial charge in [0.05, 0.1) is 0 Å². The van der Waals surface area contributed by atoms with Crippen LogP contribution in [-0.4, -0.2) is 20.2 Å².